The lowest BCUT2D eigenvalue weighted by Crippen LogP contribution is -2.32. The van der Waals surface area contributed by atoms with E-state index in [1.54, 1.807) is 0 Å². The molecule has 30 heavy (non-hydrogen) atoms. The van der Waals surface area contributed by atoms with E-state index in [2.05, 4.69) is 17.2 Å². The van der Waals surface area contributed by atoms with Gasteiger partial charge in [-0.05, 0) is 37.0 Å². The molecule has 0 spiro atoms. The van der Waals surface area contributed by atoms with Crippen LogP contribution in [-0.2, 0) is 16.0 Å². The van der Waals surface area contributed by atoms with Crippen LogP contribution >= 0.6 is 0 Å². The van der Waals surface area contributed by atoms with Crippen molar-refractivity contribution < 1.29 is 14.3 Å². The van der Waals surface area contributed by atoms with Gasteiger partial charge in [0.1, 0.15) is 0 Å². The van der Waals surface area contributed by atoms with E-state index in [0.29, 0.717) is 12.0 Å². The molecule has 0 aliphatic rings. The molecule has 3 aromatic rings. The summed E-state index contributed by atoms with van der Waals surface area (Å²) in [6.07, 6.45) is 2.46. The maximum Gasteiger partial charge on any atom is 0.339 e. The third-order valence-corrected chi connectivity index (χ3v) is 5.22. The number of fused-ring (bicyclic) bond motifs is 1. The number of carbonyl (C=O) groups is 2. The summed E-state index contributed by atoms with van der Waals surface area (Å²) in [4.78, 5) is 30.0. The summed E-state index contributed by atoms with van der Waals surface area (Å²) in [7, 11) is 0. The summed E-state index contributed by atoms with van der Waals surface area (Å²) in [5.41, 5.74) is 3.94. The van der Waals surface area contributed by atoms with Crippen molar-refractivity contribution in [1.82, 2.24) is 10.3 Å². The number of hydrogen-bond acceptors (Lipinski definition) is 4. The summed E-state index contributed by atoms with van der Waals surface area (Å²) in [5.74, 6) is -0.805. The van der Waals surface area contributed by atoms with Crippen molar-refractivity contribution in [3.05, 3.63) is 77.0 Å². The number of nitrogens with zero attached hydrogens (tertiary/aromatic N) is 1. The minimum atomic E-state index is -0.497. The maximum absolute atomic E-state index is 12.9. The van der Waals surface area contributed by atoms with Gasteiger partial charge >= 0.3 is 5.97 Å². The number of hydrogen-bond donors (Lipinski definition) is 1. The number of esters is 1. The molecule has 5 heteroatoms. The van der Waals surface area contributed by atoms with Crippen LogP contribution in [0.4, 0.5) is 0 Å². The zero-order valence-corrected chi connectivity index (χ0v) is 17.8. The highest BCUT2D eigenvalue weighted by Gasteiger charge is 2.20. The van der Waals surface area contributed by atoms with Gasteiger partial charge in [-0.15, -0.1) is 0 Å². The highest BCUT2D eigenvalue weighted by molar-refractivity contribution is 6.05. The largest absolute Gasteiger partial charge is 0.452 e. The first-order valence-corrected chi connectivity index (χ1v) is 10.4. The van der Waals surface area contributed by atoms with Gasteiger partial charge in [0.2, 0.25) is 0 Å². The zero-order valence-electron chi connectivity index (χ0n) is 17.8. The number of rotatable bonds is 8. The number of aromatic nitrogens is 1. The van der Waals surface area contributed by atoms with Crippen LogP contribution in [0.5, 0.6) is 0 Å². The lowest BCUT2D eigenvalue weighted by atomic mass is 10.0. The average Bonchev–Trinajstić information content (AvgIpc) is 2.77. The monoisotopic (exact) mass is 404 g/mol. The van der Waals surface area contributed by atoms with E-state index >= 15 is 0 Å². The smallest absolute Gasteiger partial charge is 0.339 e. The molecule has 5 nitrogen and oxygen atoms in total. The minimum absolute atomic E-state index is 0.0995. The molecule has 0 radical (unpaired) electrons. The summed E-state index contributed by atoms with van der Waals surface area (Å²) < 4.78 is 5.41. The Hall–Kier alpha value is -3.21. The topological polar surface area (TPSA) is 68.3 Å². The zero-order chi connectivity index (χ0) is 21.5. The molecule has 1 N–H and O–H groups in total. The van der Waals surface area contributed by atoms with Crippen LogP contribution in [0, 0.1) is 6.92 Å². The van der Waals surface area contributed by atoms with Crippen molar-refractivity contribution in [2.75, 3.05) is 6.61 Å². The molecule has 0 saturated heterocycles. The molecule has 0 aliphatic carbocycles. The molecule has 156 valence electrons. The van der Waals surface area contributed by atoms with Crippen LogP contribution in [0.25, 0.3) is 10.9 Å². The Morgan fingerprint density at radius 1 is 1.03 bits per heavy atom. The Morgan fingerprint density at radius 2 is 1.73 bits per heavy atom. The number of ether oxygens (including phenoxy) is 1. The standard InChI is InChI=1S/C25H28N2O3/c1-4-11-21(18-12-7-6-8-13-18)27-23(28)16-30-25(29)24-17(3)20(5-2)26-22-15-10-9-14-19(22)24/h6-10,12-15,21H,4-5,11,16H2,1-3H3,(H,27,28)/t21-/m0/s1. The lowest BCUT2D eigenvalue weighted by molar-refractivity contribution is -0.125. The first-order valence-electron chi connectivity index (χ1n) is 10.4. The van der Waals surface area contributed by atoms with Gasteiger partial charge in [0.25, 0.3) is 5.91 Å². The number of para-hydroxylation sites is 1. The molecule has 1 atom stereocenters. The fourth-order valence-corrected chi connectivity index (χ4v) is 3.70. The van der Waals surface area contributed by atoms with Crippen molar-refractivity contribution >= 4 is 22.8 Å². The molecule has 3 rings (SSSR count). The van der Waals surface area contributed by atoms with E-state index in [1.165, 1.54) is 0 Å². The minimum Gasteiger partial charge on any atom is -0.452 e. The molecule has 0 bridgehead atoms. The summed E-state index contributed by atoms with van der Waals surface area (Å²) in [5, 5.41) is 3.73. The van der Waals surface area contributed by atoms with Gasteiger partial charge < -0.3 is 10.1 Å². The van der Waals surface area contributed by atoms with Gasteiger partial charge in [0.15, 0.2) is 6.61 Å². The van der Waals surface area contributed by atoms with E-state index in [4.69, 9.17) is 4.74 Å². The Morgan fingerprint density at radius 3 is 2.43 bits per heavy atom. The quantitative estimate of drug-likeness (QED) is 0.541. The molecule has 0 aliphatic heterocycles. The van der Waals surface area contributed by atoms with Crippen molar-refractivity contribution in [3.8, 4) is 0 Å². The number of carbonyl (C=O) groups excluding carboxylic acids is 2. The predicted octanol–water partition coefficient (Wildman–Crippen LogP) is 4.92. The second kappa shape index (κ2) is 10.0. The first-order chi connectivity index (χ1) is 14.5. The van der Waals surface area contributed by atoms with E-state index < -0.39 is 5.97 Å². The van der Waals surface area contributed by atoms with Gasteiger partial charge in [-0.2, -0.15) is 0 Å². The predicted molar refractivity (Wildman–Crippen MR) is 118 cm³/mol. The SMILES string of the molecule is CCC[C@H](NC(=O)COC(=O)c1c(C)c(CC)nc2ccccc12)c1ccccc1. The maximum atomic E-state index is 12.9. The highest BCUT2D eigenvalue weighted by Crippen LogP contribution is 2.24. The fourth-order valence-electron chi connectivity index (χ4n) is 3.70. The second-order valence-electron chi connectivity index (χ2n) is 7.32. The van der Waals surface area contributed by atoms with E-state index in [0.717, 1.165) is 40.6 Å². The molecule has 0 saturated carbocycles. The Kier molecular flexibility index (Phi) is 7.17. The highest BCUT2D eigenvalue weighted by atomic mass is 16.5. The Balaban J connectivity index is 1.74. The van der Waals surface area contributed by atoms with Crippen molar-refractivity contribution in [3.63, 3.8) is 0 Å². The van der Waals surface area contributed by atoms with Gasteiger partial charge in [0.05, 0.1) is 17.1 Å². The van der Waals surface area contributed by atoms with E-state index in [9.17, 15) is 9.59 Å². The number of amides is 1. The van der Waals surface area contributed by atoms with E-state index in [-0.39, 0.29) is 18.6 Å². The molecular formula is C25H28N2O3. The third kappa shape index (κ3) is 4.85. The van der Waals surface area contributed by atoms with Crippen LogP contribution in [-0.4, -0.2) is 23.5 Å². The van der Waals surface area contributed by atoms with Crippen LogP contribution in [0.15, 0.2) is 54.6 Å². The van der Waals surface area contributed by atoms with E-state index in [1.807, 2.05) is 68.4 Å². The summed E-state index contributed by atoms with van der Waals surface area (Å²) >= 11 is 0. The lowest BCUT2D eigenvalue weighted by Gasteiger charge is -2.19. The molecule has 1 amide bonds. The summed E-state index contributed by atoms with van der Waals surface area (Å²) in [6, 6.07) is 17.2. The first kappa shape index (κ1) is 21.5. The molecule has 1 heterocycles. The molecule has 1 aromatic heterocycles. The Bertz CT molecular complexity index is 1030. The normalized spacial score (nSPS) is 11.8. The number of aryl methyl sites for hydroxylation is 1. The third-order valence-electron chi connectivity index (χ3n) is 5.22. The fraction of sp³-hybridized carbons (Fsp3) is 0.320. The molecular weight excluding hydrogens is 376 g/mol. The molecule has 0 fully saturated rings. The molecule has 0 unspecified atom stereocenters. The average molecular weight is 405 g/mol. The van der Waals surface area contributed by atoms with Crippen LogP contribution < -0.4 is 5.32 Å². The van der Waals surface area contributed by atoms with Gasteiger partial charge in [-0.1, -0.05) is 68.8 Å². The number of nitrogens with one attached hydrogen (secondary N) is 1. The van der Waals surface area contributed by atoms with Crippen LogP contribution in [0.2, 0.25) is 0 Å². The second-order valence-corrected chi connectivity index (χ2v) is 7.32. The number of pyridine rings is 1. The van der Waals surface area contributed by atoms with Gasteiger partial charge in [-0.3, -0.25) is 9.78 Å². The molecule has 2 aromatic carbocycles. The Labute approximate surface area is 177 Å². The van der Waals surface area contributed by atoms with Gasteiger partial charge in [-0.25, -0.2) is 4.79 Å². The van der Waals surface area contributed by atoms with Crippen LogP contribution in [0.1, 0.15) is 59.9 Å². The van der Waals surface area contributed by atoms with Gasteiger partial charge in [0, 0.05) is 11.1 Å². The van der Waals surface area contributed by atoms with Crippen LogP contribution in [0.3, 0.4) is 0 Å². The summed E-state index contributed by atoms with van der Waals surface area (Å²) in [6.45, 7) is 5.64. The number of benzene rings is 2. The van der Waals surface area contributed by atoms with Crippen molar-refractivity contribution in [2.45, 2.75) is 46.1 Å². The van der Waals surface area contributed by atoms with Crippen molar-refractivity contribution in [1.29, 1.82) is 0 Å². The van der Waals surface area contributed by atoms with Crippen molar-refractivity contribution in [2.24, 2.45) is 0 Å².